The monoisotopic (exact) mass is 452 g/mol. The summed E-state index contributed by atoms with van der Waals surface area (Å²) >= 11 is 0. The molecule has 4 nitrogen and oxygen atoms in total. The average Bonchev–Trinajstić information content (AvgIpc) is 3.08. The van der Waals surface area contributed by atoms with Gasteiger partial charge in [0.2, 0.25) is 10.0 Å². The highest BCUT2D eigenvalue weighted by molar-refractivity contribution is 8.45. The molecule has 158 valence electrons. The van der Waals surface area contributed by atoms with E-state index in [1.54, 1.807) is 6.07 Å². The lowest BCUT2D eigenvalue weighted by Crippen LogP contribution is -2.29. The van der Waals surface area contributed by atoms with Gasteiger partial charge in [0.1, 0.15) is 4.90 Å². The van der Waals surface area contributed by atoms with Gasteiger partial charge in [-0.1, -0.05) is 43.7 Å². The first-order valence-electron chi connectivity index (χ1n) is 8.57. The van der Waals surface area contributed by atoms with Gasteiger partial charge >= 0.3 is 10.2 Å². The molecule has 2 aromatic carbocycles. The second-order valence-corrected chi connectivity index (χ2v) is 11.3. The number of benzene rings is 2. The van der Waals surface area contributed by atoms with E-state index in [4.69, 9.17) is 5.14 Å². The van der Waals surface area contributed by atoms with Crippen molar-refractivity contribution in [1.82, 2.24) is 0 Å². The summed E-state index contributed by atoms with van der Waals surface area (Å²) in [5.41, 5.74) is 1.78. The average molecular weight is 452 g/mol. The Balaban J connectivity index is 1.73. The lowest BCUT2D eigenvalue weighted by molar-refractivity contribution is 0.363. The van der Waals surface area contributed by atoms with E-state index in [0.717, 1.165) is 17.7 Å². The Bertz CT molecular complexity index is 1130. The molecular formula is C18H17F5N2O2S2. The molecule has 0 spiro atoms. The first kappa shape index (κ1) is 20.2. The van der Waals surface area contributed by atoms with Crippen molar-refractivity contribution in [3.63, 3.8) is 0 Å². The summed E-state index contributed by atoms with van der Waals surface area (Å²) in [6.45, 7) is 0. The van der Waals surface area contributed by atoms with Crippen molar-refractivity contribution in [1.29, 1.82) is 0 Å². The maximum atomic E-state index is 13.0. The lowest BCUT2D eigenvalue weighted by Gasteiger charge is -2.41. The maximum Gasteiger partial charge on any atom is 0.310 e. The van der Waals surface area contributed by atoms with Crippen molar-refractivity contribution < 1.29 is 27.8 Å². The van der Waals surface area contributed by atoms with Crippen LogP contribution < -0.4 is 10.5 Å². The van der Waals surface area contributed by atoms with Crippen LogP contribution in [-0.4, -0.2) is 8.42 Å². The Morgan fingerprint density at radius 2 is 1.66 bits per heavy atom. The molecule has 1 aliphatic carbocycles. The zero-order valence-electron chi connectivity index (χ0n) is 14.7. The van der Waals surface area contributed by atoms with Gasteiger partial charge in [-0.25, -0.2) is 13.6 Å². The fourth-order valence-electron chi connectivity index (χ4n) is 4.01. The van der Waals surface area contributed by atoms with Crippen LogP contribution in [0.4, 0.5) is 25.1 Å². The Hall–Kier alpha value is -2.11. The van der Waals surface area contributed by atoms with Crippen LogP contribution in [0.25, 0.3) is 0 Å². The molecule has 2 aromatic rings. The molecule has 0 saturated carbocycles. The van der Waals surface area contributed by atoms with Crippen LogP contribution in [0, 0.1) is 5.92 Å². The Labute approximate surface area is 164 Å². The highest BCUT2D eigenvalue weighted by Gasteiger charge is 2.65. The first-order chi connectivity index (χ1) is 13.1. The fourth-order valence-corrected chi connectivity index (χ4v) is 5.21. The number of nitrogens with one attached hydrogen (secondary N) is 1. The number of sulfonamides is 1. The summed E-state index contributed by atoms with van der Waals surface area (Å²) in [5.74, 6) is -0.280. The van der Waals surface area contributed by atoms with Crippen molar-refractivity contribution in [2.45, 2.75) is 28.2 Å². The lowest BCUT2D eigenvalue weighted by atomic mass is 9.77. The van der Waals surface area contributed by atoms with E-state index in [0.29, 0.717) is 29.8 Å². The van der Waals surface area contributed by atoms with Crippen molar-refractivity contribution in [3.8, 4) is 0 Å². The molecule has 0 fully saturated rings. The Kier molecular flexibility index (Phi) is 3.84. The topological polar surface area (TPSA) is 72.2 Å². The van der Waals surface area contributed by atoms with E-state index in [9.17, 15) is 27.8 Å². The fraction of sp³-hybridized carbons (Fsp3) is 0.222. The molecule has 0 aromatic heterocycles. The van der Waals surface area contributed by atoms with Crippen LogP contribution in [0.2, 0.25) is 0 Å². The van der Waals surface area contributed by atoms with Gasteiger partial charge in [-0.05, 0) is 53.8 Å². The second kappa shape index (κ2) is 5.52. The number of allylic oxidation sites excluding steroid dienone is 2. The standard InChI is InChI=1S/C18H17F5N2O2S2/c19-29(20,21,22,23)13-7-4-11(5-8-13)18-15-3-1-2-14(15)16-10-12(28(24,26)27)6-9-17(16)25-18/h1-2,4-10,14-15,18,25H,3H2,(H2,24,26,27)/t14-,15+,18+/m0/s1. The summed E-state index contributed by atoms with van der Waals surface area (Å²) in [4.78, 5) is -1.96. The molecule has 1 aliphatic heterocycles. The molecule has 11 heteroatoms. The van der Waals surface area contributed by atoms with Gasteiger partial charge in [-0.2, -0.15) is 0 Å². The number of primary sulfonamides is 1. The molecule has 0 radical (unpaired) electrons. The van der Waals surface area contributed by atoms with E-state index >= 15 is 0 Å². The minimum Gasteiger partial charge on any atom is -0.378 e. The van der Waals surface area contributed by atoms with E-state index in [-0.39, 0.29) is 16.7 Å². The van der Waals surface area contributed by atoms with Crippen LogP contribution >= 0.6 is 10.2 Å². The highest BCUT2D eigenvalue weighted by atomic mass is 32.5. The van der Waals surface area contributed by atoms with E-state index in [1.165, 1.54) is 12.1 Å². The minimum absolute atomic E-state index is 0.0317. The van der Waals surface area contributed by atoms with Crippen LogP contribution in [0.5, 0.6) is 0 Å². The summed E-state index contributed by atoms with van der Waals surface area (Å²) in [7, 11) is -13.6. The van der Waals surface area contributed by atoms with Crippen LogP contribution in [0.15, 0.2) is 64.4 Å². The van der Waals surface area contributed by atoms with Crippen LogP contribution in [-0.2, 0) is 10.0 Å². The predicted molar refractivity (Wildman–Crippen MR) is 102 cm³/mol. The van der Waals surface area contributed by atoms with Gasteiger partial charge in [0, 0.05) is 11.6 Å². The zero-order chi connectivity index (χ0) is 21.3. The number of anilines is 1. The summed E-state index contributed by atoms with van der Waals surface area (Å²) in [6, 6.07) is 6.90. The first-order valence-corrected chi connectivity index (χ1v) is 12.1. The number of hydrogen-bond donors (Lipinski definition) is 2. The quantitative estimate of drug-likeness (QED) is 0.456. The summed E-state index contributed by atoms with van der Waals surface area (Å²) < 4.78 is 88.2. The van der Waals surface area contributed by atoms with Gasteiger partial charge in [-0.3, -0.25) is 0 Å². The molecule has 0 unspecified atom stereocenters. The molecule has 3 N–H and O–H groups in total. The van der Waals surface area contributed by atoms with Gasteiger partial charge in [0.15, 0.2) is 0 Å². The van der Waals surface area contributed by atoms with E-state index in [1.807, 2.05) is 12.2 Å². The maximum absolute atomic E-state index is 13.0. The molecule has 0 amide bonds. The third kappa shape index (κ3) is 3.74. The third-order valence-electron chi connectivity index (χ3n) is 5.35. The van der Waals surface area contributed by atoms with Crippen molar-refractivity contribution >= 4 is 25.9 Å². The molecule has 29 heavy (non-hydrogen) atoms. The number of nitrogens with two attached hydrogens (primary N) is 1. The molecule has 1 heterocycles. The van der Waals surface area contributed by atoms with Crippen molar-refractivity contribution in [2.75, 3.05) is 5.32 Å². The molecule has 4 rings (SSSR count). The molecule has 3 atom stereocenters. The number of fused-ring (bicyclic) bond motifs is 3. The highest BCUT2D eigenvalue weighted by Crippen LogP contribution is 3.02. The van der Waals surface area contributed by atoms with E-state index in [2.05, 4.69) is 5.32 Å². The normalized spacial score (nSPS) is 26.1. The van der Waals surface area contributed by atoms with Gasteiger partial charge in [-0.15, -0.1) is 0 Å². The van der Waals surface area contributed by atoms with E-state index < -0.39 is 31.2 Å². The molecule has 0 bridgehead atoms. The third-order valence-corrected chi connectivity index (χ3v) is 7.42. The van der Waals surface area contributed by atoms with Crippen LogP contribution in [0.3, 0.4) is 0 Å². The van der Waals surface area contributed by atoms with Gasteiger partial charge in [0.05, 0.1) is 10.9 Å². The number of hydrogen-bond acceptors (Lipinski definition) is 3. The van der Waals surface area contributed by atoms with Crippen LogP contribution in [0.1, 0.15) is 29.5 Å². The number of rotatable bonds is 3. The van der Waals surface area contributed by atoms with Crippen molar-refractivity contribution in [2.24, 2.45) is 11.1 Å². The summed E-state index contributed by atoms with van der Waals surface area (Å²) in [5, 5.41) is 8.41. The second-order valence-electron chi connectivity index (χ2n) is 7.31. The van der Waals surface area contributed by atoms with Gasteiger partial charge in [0.25, 0.3) is 0 Å². The predicted octanol–water partition coefficient (Wildman–Crippen LogP) is 5.82. The summed E-state index contributed by atoms with van der Waals surface area (Å²) in [6.07, 6.45) is 4.42. The van der Waals surface area contributed by atoms with Gasteiger partial charge < -0.3 is 5.32 Å². The Morgan fingerprint density at radius 3 is 2.24 bits per heavy atom. The largest absolute Gasteiger partial charge is 0.378 e. The smallest absolute Gasteiger partial charge is 0.310 e. The molecule has 0 saturated heterocycles. The molecular weight excluding hydrogens is 435 g/mol. The Morgan fingerprint density at radius 1 is 1.00 bits per heavy atom. The molecule has 2 aliphatic rings. The minimum atomic E-state index is -9.73. The number of halogens is 5. The zero-order valence-corrected chi connectivity index (χ0v) is 16.4. The van der Waals surface area contributed by atoms with Crippen molar-refractivity contribution in [3.05, 3.63) is 65.7 Å². The SMILES string of the molecule is NS(=O)(=O)c1ccc2c(c1)[C@H]1C=CC[C@H]1[C@@H](c1ccc(S(F)(F)(F)(F)F)cc1)N2.